The smallest absolute Gasteiger partial charge is 0.161 e. The summed E-state index contributed by atoms with van der Waals surface area (Å²) < 4.78 is 11.7. The van der Waals surface area contributed by atoms with Crippen molar-refractivity contribution in [3.05, 3.63) is 52.8 Å². The van der Waals surface area contributed by atoms with Crippen LogP contribution in [0.5, 0.6) is 11.5 Å². The van der Waals surface area contributed by atoms with E-state index in [2.05, 4.69) is 29.4 Å². The van der Waals surface area contributed by atoms with Gasteiger partial charge in [0.1, 0.15) is 11.8 Å². The zero-order valence-electron chi connectivity index (χ0n) is 16.6. The number of ether oxygens (including phenoxy) is 2. The van der Waals surface area contributed by atoms with Crippen molar-refractivity contribution in [1.29, 1.82) is 0 Å². The molecule has 1 heterocycles. The van der Waals surface area contributed by atoms with Crippen LogP contribution in [0.25, 0.3) is 0 Å². The first-order valence-electron chi connectivity index (χ1n) is 9.42. The molecular weight excluding hydrogens is 419 g/mol. The number of benzene rings is 1. The molecule has 7 heteroatoms. The molecule has 0 spiro atoms. The second-order valence-corrected chi connectivity index (χ2v) is 6.62. The molecule has 28 heavy (non-hydrogen) atoms. The molecule has 0 bridgehead atoms. The highest BCUT2D eigenvalue weighted by molar-refractivity contribution is 6.29. The number of nitrogens with zero attached hydrogens (tertiary/aromatic N) is 1. The van der Waals surface area contributed by atoms with Gasteiger partial charge in [-0.2, -0.15) is 0 Å². The van der Waals surface area contributed by atoms with Crippen molar-refractivity contribution in [2.24, 2.45) is 0 Å². The average Bonchev–Trinajstić information content (AvgIpc) is 2.65. The topological polar surface area (TPSA) is 43.4 Å². The van der Waals surface area contributed by atoms with E-state index < -0.39 is 0 Å². The largest absolute Gasteiger partial charge is 0.490 e. The maximum Gasteiger partial charge on any atom is 0.161 e. The minimum Gasteiger partial charge on any atom is -0.490 e. The van der Waals surface area contributed by atoms with Crippen LogP contribution in [-0.4, -0.2) is 18.1 Å². The Balaban J connectivity index is 0.00000364. The van der Waals surface area contributed by atoms with Gasteiger partial charge in [0.15, 0.2) is 11.5 Å². The molecule has 1 N–H and O–H groups in total. The molecule has 1 aromatic heterocycles. The van der Waals surface area contributed by atoms with E-state index in [0.717, 1.165) is 30.2 Å². The molecule has 0 unspecified atom stereocenters. The Bertz CT molecular complexity index is 655. The van der Waals surface area contributed by atoms with Gasteiger partial charge in [-0.1, -0.05) is 49.9 Å². The van der Waals surface area contributed by atoms with Crippen molar-refractivity contribution in [2.75, 3.05) is 13.2 Å². The van der Waals surface area contributed by atoms with Crippen LogP contribution in [0.1, 0.15) is 50.7 Å². The Kier molecular flexibility index (Phi) is 15.0. The molecule has 0 radical (unpaired) electrons. The standard InChI is InChI=1S/C21H29ClN2O2.2ClH/c1-3-5-6-7-12-23-14-17-8-10-19(20(13-17)25-4-2)26-16-18-9-11-21(22)24-15-18;;/h8-11,13,15,23H,3-7,12,14,16H2,1-2H3;2*1H. The van der Waals surface area contributed by atoms with Gasteiger partial charge in [-0.05, 0) is 43.7 Å². The molecule has 2 aromatic rings. The summed E-state index contributed by atoms with van der Waals surface area (Å²) in [5.41, 5.74) is 2.17. The lowest BCUT2D eigenvalue weighted by Gasteiger charge is -2.14. The van der Waals surface area contributed by atoms with E-state index in [1.165, 1.54) is 31.2 Å². The number of unbranched alkanes of at least 4 members (excludes halogenated alkanes) is 3. The third-order valence-corrected chi connectivity index (χ3v) is 4.25. The molecule has 2 rings (SSSR count). The van der Waals surface area contributed by atoms with Crippen molar-refractivity contribution in [3.8, 4) is 11.5 Å². The van der Waals surface area contributed by atoms with Crippen LogP contribution in [0.3, 0.4) is 0 Å². The maximum atomic E-state index is 5.91. The molecule has 0 saturated carbocycles. The third-order valence-electron chi connectivity index (χ3n) is 4.03. The van der Waals surface area contributed by atoms with Crippen LogP contribution >= 0.6 is 36.4 Å². The Morgan fingerprint density at radius 1 is 0.929 bits per heavy atom. The molecule has 0 atom stereocenters. The second kappa shape index (κ2) is 15.7. The van der Waals surface area contributed by atoms with E-state index in [1.54, 1.807) is 12.3 Å². The van der Waals surface area contributed by atoms with Gasteiger partial charge < -0.3 is 14.8 Å². The van der Waals surface area contributed by atoms with Crippen molar-refractivity contribution in [1.82, 2.24) is 10.3 Å². The molecule has 0 aliphatic rings. The number of pyridine rings is 1. The molecule has 158 valence electrons. The molecular formula is C21H31Cl3N2O2. The van der Waals surface area contributed by atoms with Crippen LogP contribution in [0.2, 0.25) is 5.15 Å². The van der Waals surface area contributed by atoms with Crippen LogP contribution in [0.4, 0.5) is 0 Å². The van der Waals surface area contributed by atoms with E-state index in [1.807, 2.05) is 19.1 Å². The first-order valence-corrected chi connectivity index (χ1v) is 9.80. The van der Waals surface area contributed by atoms with Gasteiger partial charge in [0.25, 0.3) is 0 Å². The van der Waals surface area contributed by atoms with E-state index in [-0.39, 0.29) is 24.8 Å². The molecule has 4 nitrogen and oxygen atoms in total. The zero-order chi connectivity index (χ0) is 18.6. The van der Waals surface area contributed by atoms with Gasteiger partial charge in [-0.15, -0.1) is 24.8 Å². The van der Waals surface area contributed by atoms with Crippen LogP contribution < -0.4 is 14.8 Å². The van der Waals surface area contributed by atoms with E-state index in [0.29, 0.717) is 18.4 Å². The number of hydrogen-bond donors (Lipinski definition) is 1. The van der Waals surface area contributed by atoms with Crippen LogP contribution in [0.15, 0.2) is 36.5 Å². The van der Waals surface area contributed by atoms with E-state index >= 15 is 0 Å². The number of aromatic nitrogens is 1. The fraction of sp³-hybridized carbons (Fsp3) is 0.476. The van der Waals surface area contributed by atoms with Gasteiger partial charge >= 0.3 is 0 Å². The Morgan fingerprint density at radius 2 is 1.71 bits per heavy atom. The quantitative estimate of drug-likeness (QED) is 0.308. The van der Waals surface area contributed by atoms with Gasteiger partial charge in [0.05, 0.1) is 6.61 Å². The molecule has 0 amide bonds. The monoisotopic (exact) mass is 448 g/mol. The molecule has 0 aliphatic heterocycles. The highest BCUT2D eigenvalue weighted by atomic mass is 35.5. The first kappa shape index (κ1) is 26.8. The average molecular weight is 450 g/mol. The Morgan fingerprint density at radius 3 is 2.39 bits per heavy atom. The lowest BCUT2D eigenvalue weighted by Crippen LogP contribution is -2.14. The van der Waals surface area contributed by atoms with Crippen LogP contribution in [-0.2, 0) is 13.2 Å². The SMILES string of the molecule is CCCCCCNCc1ccc(OCc2ccc(Cl)nc2)c(OCC)c1.Cl.Cl. The molecule has 0 saturated heterocycles. The van der Waals surface area contributed by atoms with Crippen molar-refractivity contribution >= 4 is 36.4 Å². The van der Waals surface area contributed by atoms with Gasteiger partial charge in [-0.3, -0.25) is 0 Å². The summed E-state index contributed by atoms with van der Waals surface area (Å²) >= 11 is 5.81. The predicted octanol–water partition coefficient (Wildman–Crippen LogP) is 6.23. The first-order chi connectivity index (χ1) is 12.7. The summed E-state index contributed by atoms with van der Waals surface area (Å²) in [5.74, 6) is 1.52. The highest BCUT2D eigenvalue weighted by Crippen LogP contribution is 2.29. The zero-order valence-corrected chi connectivity index (χ0v) is 19.0. The minimum absolute atomic E-state index is 0. The second-order valence-electron chi connectivity index (χ2n) is 6.23. The highest BCUT2D eigenvalue weighted by Gasteiger charge is 2.07. The van der Waals surface area contributed by atoms with Gasteiger partial charge in [0.2, 0.25) is 0 Å². The third kappa shape index (κ3) is 9.83. The fourth-order valence-corrected chi connectivity index (χ4v) is 2.72. The van der Waals surface area contributed by atoms with Crippen molar-refractivity contribution in [2.45, 2.75) is 52.7 Å². The number of hydrogen-bond acceptors (Lipinski definition) is 4. The fourth-order valence-electron chi connectivity index (χ4n) is 2.61. The van der Waals surface area contributed by atoms with Gasteiger partial charge in [-0.25, -0.2) is 4.98 Å². The normalized spacial score (nSPS) is 9.96. The molecule has 0 fully saturated rings. The van der Waals surface area contributed by atoms with E-state index in [4.69, 9.17) is 21.1 Å². The minimum atomic E-state index is 0. The van der Waals surface area contributed by atoms with Crippen molar-refractivity contribution in [3.63, 3.8) is 0 Å². The maximum absolute atomic E-state index is 5.91. The van der Waals surface area contributed by atoms with Gasteiger partial charge in [0, 0.05) is 18.3 Å². The summed E-state index contributed by atoms with van der Waals surface area (Å²) in [4.78, 5) is 4.07. The number of halogens is 3. The van der Waals surface area contributed by atoms with Crippen LogP contribution in [0, 0.1) is 0 Å². The number of nitrogens with one attached hydrogen (secondary N) is 1. The summed E-state index contributed by atoms with van der Waals surface area (Å²) in [5, 5.41) is 3.98. The summed E-state index contributed by atoms with van der Waals surface area (Å²) in [6.07, 6.45) is 6.82. The van der Waals surface area contributed by atoms with Crippen molar-refractivity contribution < 1.29 is 9.47 Å². The summed E-state index contributed by atoms with van der Waals surface area (Å²) in [7, 11) is 0. The molecule has 1 aromatic carbocycles. The lowest BCUT2D eigenvalue weighted by molar-refractivity contribution is 0.269. The molecule has 0 aliphatic carbocycles. The Labute approximate surface area is 186 Å². The summed E-state index contributed by atoms with van der Waals surface area (Å²) in [6.45, 7) is 7.13. The predicted molar refractivity (Wildman–Crippen MR) is 122 cm³/mol. The summed E-state index contributed by atoms with van der Waals surface area (Å²) in [6, 6.07) is 9.78. The number of rotatable bonds is 12. The Hall–Kier alpha value is -1.20. The lowest BCUT2D eigenvalue weighted by atomic mass is 10.2. The van der Waals surface area contributed by atoms with E-state index in [9.17, 15) is 0 Å².